The number of amides is 1. The molecule has 3 rings (SSSR count). The van der Waals surface area contributed by atoms with E-state index in [1.54, 1.807) is 12.1 Å². The molecule has 2 N–H and O–H groups in total. The van der Waals surface area contributed by atoms with Crippen LogP contribution in [0.1, 0.15) is 10.5 Å². The third-order valence-electron chi connectivity index (χ3n) is 2.94. The molecule has 0 aliphatic rings. The van der Waals surface area contributed by atoms with Crippen molar-refractivity contribution in [3.8, 4) is 11.5 Å². The molecule has 0 fully saturated rings. The van der Waals surface area contributed by atoms with Gasteiger partial charge in [0, 0.05) is 6.07 Å². The molecule has 1 aromatic carbocycles. The summed E-state index contributed by atoms with van der Waals surface area (Å²) in [4.78, 5) is 26.9. The minimum Gasteiger partial charge on any atom is -0.456 e. The molecule has 120 valence electrons. The molecule has 0 saturated carbocycles. The zero-order valence-electron chi connectivity index (χ0n) is 12.2. The second-order valence-electron chi connectivity index (χ2n) is 4.70. The Morgan fingerprint density at radius 3 is 2.42 bits per heavy atom. The molecule has 0 aliphatic heterocycles. The Balaban J connectivity index is 1.65. The van der Waals surface area contributed by atoms with Crippen LogP contribution in [0.15, 0.2) is 59.5 Å². The van der Waals surface area contributed by atoms with Crippen LogP contribution in [0.5, 0.6) is 11.5 Å². The number of aromatic nitrogens is 3. The predicted molar refractivity (Wildman–Crippen MR) is 83.5 cm³/mol. The van der Waals surface area contributed by atoms with E-state index in [2.05, 4.69) is 20.5 Å². The summed E-state index contributed by atoms with van der Waals surface area (Å²) in [6, 6.07) is 11.2. The SMILES string of the molecule is O=C(Nc1ccc(Oc2ccc(F)cc2)cn1)c1ccc(=O)[nH]n1. The van der Waals surface area contributed by atoms with Crippen LogP contribution in [-0.4, -0.2) is 21.1 Å². The third kappa shape index (κ3) is 3.80. The van der Waals surface area contributed by atoms with E-state index in [0.29, 0.717) is 17.3 Å². The van der Waals surface area contributed by atoms with E-state index in [1.807, 2.05) is 0 Å². The number of halogens is 1. The lowest BCUT2D eigenvalue weighted by Crippen LogP contribution is -2.18. The van der Waals surface area contributed by atoms with Gasteiger partial charge in [-0.05, 0) is 42.5 Å². The number of hydrogen-bond donors (Lipinski definition) is 2. The zero-order chi connectivity index (χ0) is 16.9. The number of benzene rings is 1. The number of nitrogens with one attached hydrogen (secondary N) is 2. The van der Waals surface area contributed by atoms with Crippen molar-refractivity contribution in [2.75, 3.05) is 5.32 Å². The van der Waals surface area contributed by atoms with E-state index in [9.17, 15) is 14.0 Å². The van der Waals surface area contributed by atoms with E-state index in [0.717, 1.165) is 0 Å². The number of rotatable bonds is 4. The molecule has 0 bridgehead atoms. The molecular formula is C16H11FN4O3. The Bertz CT molecular complexity index is 887. The normalized spacial score (nSPS) is 10.2. The first-order valence-corrected chi connectivity index (χ1v) is 6.87. The number of carbonyl (C=O) groups is 1. The number of aromatic amines is 1. The number of ether oxygens (including phenoxy) is 1. The minimum atomic E-state index is -0.508. The molecule has 7 nitrogen and oxygen atoms in total. The summed E-state index contributed by atoms with van der Waals surface area (Å²) in [5.41, 5.74) is -0.338. The van der Waals surface area contributed by atoms with E-state index in [-0.39, 0.29) is 11.5 Å². The molecule has 0 radical (unpaired) electrons. The lowest BCUT2D eigenvalue weighted by molar-refractivity contribution is 0.102. The van der Waals surface area contributed by atoms with Gasteiger partial charge < -0.3 is 10.1 Å². The highest BCUT2D eigenvalue weighted by molar-refractivity contribution is 6.02. The second kappa shape index (κ2) is 6.69. The number of nitrogens with zero attached hydrogens (tertiary/aromatic N) is 2. The molecule has 1 amide bonds. The highest BCUT2D eigenvalue weighted by atomic mass is 19.1. The van der Waals surface area contributed by atoms with Crippen molar-refractivity contribution in [3.63, 3.8) is 0 Å². The smallest absolute Gasteiger partial charge is 0.277 e. The van der Waals surface area contributed by atoms with Crippen molar-refractivity contribution in [1.82, 2.24) is 15.2 Å². The van der Waals surface area contributed by atoms with Gasteiger partial charge in [-0.3, -0.25) is 9.59 Å². The summed E-state index contributed by atoms with van der Waals surface area (Å²) < 4.78 is 18.3. The fraction of sp³-hybridized carbons (Fsp3) is 0. The zero-order valence-corrected chi connectivity index (χ0v) is 12.2. The molecule has 2 aromatic heterocycles. The maximum atomic E-state index is 12.8. The summed E-state index contributed by atoms with van der Waals surface area (Å²) in [6.45, 7) is 0. The van der Waals surface area contributed by atoms with Gasteiger partial charge in [0.05, 0.1) is 6.20 Å². The fourth-order valence-electron chi connectivity index (χ4n) is 1.80. The van der Waals surface area contributed by atoms with Crippen LogP contribution in [0.25, 0.3) is 0 Å². The Morgan fingerprint density at radius 2 is 1.79 bits per heavy atom. The minimum absolute atomic E-state index is 0.0584. The Kier molecular flexibility index (Phi) is 4.28. The van der Waals surface area contributed by atoms with E-state index in [1.165, 1.54) is 42.6 Å². The van der Waals surface area contributed by atoms with Gasteiger partial charge in [0.25, 0.3) is 11.5 Å². The average Bonchev–Trinajstić information content (AvgIpc) is 2.59. The Hall–Kier alpha value is -3.55. The maximum absolute atomic E-state index is 12.8. The number of pyridine rings is 1. The van der Waals surface area contributed by atoms with Crippen LogP contribution in [0.4, 0.5) is 10.2 Å². The number of anilines is 1. The van der Waals surface area contributed by atoms with E-state index >= 15 is 0 Å². The van der Waals surface area contributed by atoms with Gasteiger partial charge >= 0.3 is 0 Å². The van der Waals surface area contributed by atoms with Gasteiger partial charge in [-0.2, -0.15) is 5.10 Å². The lowest BCUT2D eigenvalue weighted by atomic mass is 10.3. The van der Waals surface area contributed by atoms with Crippen molar-refractivity contribution in [3.05, 3.63) is 76.6 Å². The van der Waals surface area contributed by atoms with Crippen LogP contribution >= 0.6 is 0 Å². The van der Waals surface area contributed by atoms with Gasteiger partial charge in [-0.25, -0.2) is 14.5 Å². The lowest BCUT2D eigenvalue weighted by Gasteiger charge is -2.07. The molecule has 0 spiro atoms. The largest absolute Gasteiger partial charge is 0.456 e. The van der Waals surface area contributed by atoms with Crippen LogP contribution in [0.3, 0.4) is 0 Å². The second-order valence-corrected chi connectivity index (χ2v) is 4.70. The molecule has 0 aliphatic carbocycles. The molecule has 0 saturated heterocycles. The van der Waals surface area contributed by atoms with Crippen LogP contribution < -0.4 is 15.6 Å². The van der Waals surface area contributed by atoms with Crippen LogP contribution in [-0.2, 0) is 0 Å². The first kappa shape index (κ1) is 15.3. The topological polar surface area (TPSA) is 97.0 Å². The average molecular weight is 326 g/mol. The summed E-state index contributed by atoms with van der Waals surface area (Å²) >= 11 is 0. The first-order valence-electron chi connectivity index (χ1n) is 6.87. The molecule has 24 heavy (non-hydrogen) atoms. The standard InChI is InChI=1S/C16H11FN4O3/c17-10-1-3-11(4-2-10)24-12-5-7-14(18-9-12)19-16(23)13-6-8-15(22)21-20-13/h1-9H,(H,21,22)(H,18,19,23). The highest BCUT2D eigenvalue weighted by Gasteiger charge is 2.08. The maximum Gasteiger partial charge on any atom is 0.277 e. The van der Waals surface area contributed by atoms with Gasteiger partial charge in [0.2, 0.25) is 0 Å². The van der Waals surface area contributed by atoms with E-state index < -0.39 is 11.5 Å². The number of H-pyrrole nitrogens is 1. The van der Waals surface area contributed by atoms with Gasteiger partial charge in [0.1, 0.15) is 28.8 Å². The molecule has 0 unspecified atom stereocenters. The van der Waals surface area contributed by atoms with Crippen molar-refractivity contribution in [1.29, 1.82) is 0 Å². The predicted octanol–water partition coefficient (Wildman–Crippen LogP) is 2.35. The molecule has 0 atom stereocenters. The van der Waals surface area contributed by atoms with Crippen molar-refractivity contribution in [2.24, 2.45) is 0 Å². The fourth-order valence-corrected chi connectivity index (χ4v) is 1.80. The summed E-state index contributed by atoms with van der Waals surface area (Å²) in [6.07, 6.45) is 1.42. The Labute approximate surface area is 135 Å². The quantitative estimate of drug-likeness (QED) is 0.767. The molecular weight excluding hydrogens is 315 g/mol. The summed E-state index contributed by atoms with van der Waals surface area (Å²) in [7, 11) is 0. The molecule has 3 aromatic rings. The number of carbonyl (C=O) groups excluding carboxylic acids is 1. The van der Waals surface area contributed by atoms with Crippen LogP contribution in [0.2, 0.25) is 0 Å². The monoisotopic (exact) mass is 326 g/mol. The first-order chi connectivity index (χ1) is 11.6. The number of hydrogen-bond acceptors (Lipinski definition) is 5. The van der Waals surface area contributed by atoms with Crippen molar-refractivity contribution >= 4 is 11.7 Å². The van der Waals surface area contributed by atoms with Gasteiger partial charge in [-0.1, -0.05) is 0 Å². The summed E-state index contributed by atoms with van der Waals surface area (Å²) in [5, 5.41) is 8.33. The van der Waals surface area contributed by atoms with Gasteiger partial charge in [0.15, 0.2) is 0 Å². The van der Waals surface area contributed by atoms with Crippen molar-refractivity contribution in [2.45, 2.75) is 0 Å². The van der Waals surface area contributed by atoms with Crippen molar-refractivity contribution < 1.29 is 13.9 Å². The Morgan fingerprint density at radius 1 is 1.04 bits per heavy atom. The molecule has 2 heterocycles. The summed E-state index contributed by atoms with van der Waals surface area (Å²) in [5.74, 6) is 0.328. The van der Waals surface area contributed by atoms with Crippen LogP contribution in [0, 0.1) is 5.82 Å². The third-order valence-corrected chi connectivity index (χ3v) is 2.94. The highest BCUT2D eigenvalue weighted by Crippen LogP contribution is 2.21. The van der Waals surface area contributed by atoms with E-state index in [4.69, 9.17) is 4.74 Å². The molecule has 8 heteroatoms. The van der Waals surface area contributed by atoms with Gasteiger partial charge in [-0.15, -0.1) is 0 Å².